The van der Waals surface area contributed by atoms with Gasteiger partial charge in [-0.2, -0.15) is 0 Å². The summed E-state index contributed by atoms with van der Waals surface area (Å²) in [6, 6.07) is 0. The highest BCUT2D eigenvalue weighted by atomic mass is 16.3. The molecular weight excluding hydrogens is 256 g/mol. The molecule has 1 N–H and O–H groups in total. The largest absolute Gasteiger partial charge is 0.389 e. The second-order valence-electron chi connectivity index (χ2n) is 7.74. The van der Waals surface area contributed by atoms with Crippen LogP contribution in [0.5, 0.6) is 0 Å². The third kappa shape index (κ3) is 3.69. The fourth-order valence-corrected chi connectivity index (χ4v) is 4.25. The summed E-state index contributed by atoms with van der Waals surface area (Å²) in [7, 11) is 0. The van der Waals surface area contributed by atoms with Gasteiger partial charge >= 0.3 is 0 Å². The maximum atomic E-state index is 10.6. The lowest BCUT2D eigenvalue weighted by Crippen LogP contribution is -2.29. The number of aliphatic hydroxyl groups is 1. The van der Waals surface area contributed by atoms with Crippen LogP contribution in [-0.2, 0) is 0 Å². The van der Waals surface area contributed by atoms with Crippen molar-refractivity contribution >= 4 is 0 Å². The minimum Gasteiger partial charge on any atom is -0.389 e. The number of hydrogen-bond donors (Lipinski definition) is 1. The summed E-state index contributed by atoms with van der Waals surface area (Å²) in [5.41, 5.74) is 4.26. The van der Waals surface area contributed by atoms with Crippen molar-refractivity contribution in [3.8, 4) is 0 Å². The summed E-state index contributed by atoms with van der Waals surface area (Å²) in [4.78, 5) is 0. The van der Waals surface area contributed by atoms with Gasteiger partial charge in [0.05, 0.1) is 6.10 Å². The van der Waals surface area contributed by atoms with Crippen molar-refractivity contribution in [2.24, 2.45) is 17.3 Å². The number of fused-ring (bicyclic) bond motifs is 1. The van der Waals surface area contributed by atoms with E-state index < -0.39 is 0 Å². The van der Waals surface area contributed by atoms with E-state index in [9.17, 15) is 5.11 Å². The molecule has 0 heterocycles. The van der Waals surface area contributed by atoms with Crippen LogP contribution in [0.3, 0.4) is 0 Å². The molecule has 1 fully saturated rings. The molecule has 0 aromatic carbocycles. The summed E-state index contributed by atoms with van der Waals surface area (Å²) in [5, 5.41) is 10.6. The molecule has 0 amide bonds. The molecule has 0 spiro atoms. The molecule has 0 aromatic rings. The van der Waals surface area contributed by atoms with Gasteiger partial charge in [0.15, 0.2) is 0 Å². The zero-order chi connectivity index (χ0) is 15.6. The summed E-state index contributed by atoms with van der Waals surface area (Å²) >= 11 is 0. The quantitative estimate of drug-likeness (QED) is 0.638. The molecule has 0 unspecified atom stereocenters. The molecule has 4 atom stereocenters. The Morgan fingerprint density at radius 3 is 2.71 bits per heavy atom. The minimum atomic E-state index is -0.285. The normalized spacial score (nSPS) is 43.0. The first-order valence-corrected chi connectivity index (χ1v) is 8.49. The van der Waals surface area contributed by atoms with Crippen LogP contribution in [0.15, 0.2) is 35.5 Å². The van der Waals surface area contributed by atoms with E-state index in [1.165, 1.54) is 24.0 Å². The van der Waals surface area contributed by atoms with Gasteiger partial charge in [0.1, 0.15) is 0 Å². The van der Waals surface area contributed by atoms with Crippen LogP contribution in [0, 0.1) is 17.3 Å². The second-order valence-corrected chi connectivity index (χ2v) is 7.74. The van der Waals surface area contributed by atoms with Crippen LogP contribution in [0.1, 0.15) is 66.2 Å². The summed E-state index contributed by atoms with van der Waals surface area (Å²) in [6.45, 7) is 13.1. The Labute approximate surface area is 130 Å². The zero-order valence-corrected chi connectivity index (χ0v) is 14.3. The average Bonchev–Trinajstić information content (AvgIpc) is 2.73. The average molecular weight is 288 g/mol. The third-order valence-corrected chi connectivity index (χ3v) is 5.96. The maximum absolute atomic E-state index is 10.6. The first-order chi connectivity index (χ1) is 9.83. The second kappa shape index (κ2) is 6.52. The van der Waals surface area contributed by atoms with E-state index in [0.717, 1.165) is 31.3 Å². The van der Waals surface area contributed by atoms with Gasteiger partial charge in [0.25, 0.3) is 0 Å². The van der Waals surface area contributed by atoms with E-state index in [0.29, 0.717) is 17.3 Å². The number of aliphatic hydroxyl groups excluding tert-OH is 1. The fraction of sp³-hybridized carbons (Fsp3) is 0.700. The predicted octanol–water partition coefficient (Wildman–Crippen LogP) is 5.42. The van der Waals surface area contributed by atoms with E-state index in [-0.39, 0.29) is 6.10 Å². The van der Waals surface area contributed by atoms with Crippen molar-refractivity contribution in [3.63, 3.8) is 0 Å². The third-order valence-electron chi connectivity index (χ3n) is 5.96. The lowest BCUT2D eigenvalue weighted by Gasteiger charge is -2.35. The smallest absolute Gasteiger partial charge is 0.0750 e. The molecule has 21 heavy (non-hydrogen) atoms. The first-order valence-electron chi connectivity index (χ1n) is 8.49. The monoisotopic (exact) mass is 288 g/mol. The van der Waals surface area contributed by atoms with Gasteiger partial charge in [-0.15, -0.1) is 0 Å². The van der Waals surface area contributed by atoms with Gasteiger partial charge < -0.3 is 5.11 Å². The summed E-state index contributed by atoms with van der Waals surface area (Å²) in [6.07, 6.45) is 11.1. The Morgan fingerprint density at radius 2 is 2.05 bits per heavy atom. The van der Waals surface area contributed by atoms with Gasteiger partial charge in [0.2, 0.25) is 0 Å². The van der Waals surface area contributed by atoms with Crippen LogP contribution in [-0.4, -0.2) is 11.2 Å². The molecule has 2 aliphatic carbocycles. The van der Waals surface area contributed by atoms with Crippen molar-refractivity contribution in [3.05, 3.63) is 35.5 Å². The molecule has 1 saturated carbocycles. The zero-order valence-electron chi connectivity index (χ0n) is 14.3. The summed E-state index contributed by atoms with van der Waals surface area (Å²) in [5.74, 6) is 1.13. The van der Waals surface area contributed by atoms with Crippen molar-refractivity contribution < 1.29 is 5.11 Å². The fourth-order valence-electron chi connectivity index (χ4n) is 4.25. The van der Waals surface area contributed by atoms with Gasteiger partial charge in [-0.05, 0) is 82.1 Å². The number of rotatable bonds is 1. The molecule has 0 aliphatic heterocycles. The Balaban J connectivity index is 2.33. The Morgan fingerprint density at radius 1 is 1.33 bits per heavy atom. The van der Waals surface area contributed by atoms with Crippen molar-refractivity contribution in [1.29, 1.82) is 0 Å². The maximum Gasteiger partial charge on any atom is 0.0750 e. The molecule has 0 bridgehead atoms. The van der Waals surface area contributed by atoms with Gasteiger partial charge in [0, 0.05) is 0 Å². The molecule has 2 rings (SSSR count). The van der Waals surface area contributed by atoms with Crippen LogP contribution in [0.4, 0.5) is 0 Å². The molecule has 1 heteroatoms. The lowest BCUT2D eigenvalue weighted by atomic mass is 9.70. The number of hydrogen-bond acceptors (Lipinski definition) is 1. The van der Waals surface area contributed by atoms with Crippen molar-refractivity contribution in [1.82, 2.24) is 0 Å². The van der Waals surface area contributed by atoms with Gasteiger partial charge in [-0.25, -0.2) is 0 Å². The van der Waals surface area contributed by atoms with Crippen LogP contribution in [0.25, 0.3) is 0 Å². The highest BCUT2D eigenvalue weighted by Crippen LogP contribution is 2.53. The molecule has 2 aliphatic rings. The Bertz CT molecular complexity index is 456. The molecule has 118 valence electrons. The standard InChI is InChI=1S/C20H32O/c1-14(2)17-10-12-20(5)11-9-15(3)7-6-8-16(4)19(21)13-18(17)20/h8-9,17-19,21H,1,6-7,10-13H2,2-5H3/b15-9-,16-8-/t17-,18-,19-,20-/m0/s1. The summed E-state index contributed by atoms with van der Waals surface area (Å²) < 4.78 is 0. The molecular formula is C20H32O. The Kier molecular flexibility index (Phi) is 5.14. The first kappa shape index (κ1) is 16.5. The van der Waals surface area contributed by atoms with Crippen molar-refractivity contribution in [2.45, 2.75) is 72.3 Å². The van der Waals surface area contributed by atoms with E-state index in [1.807, 2.05) is 0 Å². The highest BCUT2D eigenvalue weighted by molar-refractivity contribution is 5.15. The van der Waals surface area contributed by atoms with Crippen LogP contribution in [0.2, 0.25) is 0 Å². The Hall–Kier alpha value is -0.820. The molecule has 0 radical (unpaired) electrons. The van der Waals surface area contributed by atoms with E-state index in [4.69, 9.17) is 0 Å². The van der Waals surface area contributed by atoms with E-state index >= 15 is 0 Å². The molecule has 0 saturated heterocycles. The van der Waals surface area contributed by atoms with Crippen LogP contribution < -0.4 is 0 Å². The predicted molar refractivity (Wildman–Crippen MR) is 91.1 cm³/mol. The lowest BCUT2D eigenvalue weighted by molar-refractivity contribution is 0.112. The number of allylic oxidation sites excluding steroid dienone is 4. The highest BCUT2D eigenvalue weighted by Gasteiger charge is 2.45. The van der Waals surface area contributed by atoms with Gasteiger partial charge in [-0.3, -0.25) is 0 Å². The molecule has 0 aromatic heterocycles. The molecule has 1 nitrogen and oxygen atoms in total. The van der Waals surface area contributed by atoms with Crippen LogP contribution >= 0.6 is 0 Å². The SMILES string of the molecule is C=C(C)[C@@H]1CC[C@]2(C)C/C=C(/C)CC/C=C(/C)[C@@H](O)C[C@@H]12. The van der Waals surface area contributed by atoms with Crippen molar-refractivity contribution in [2.75, 3.05) is 0 Å². The topological polar surface area (TPSA) is 20.2 Å². The van der Waals surface area contributed by atoms with E-state index in [2.05, 4.69) is 46.4 Å². The van der Waals surface area contributed by atoms with Gasteiger partial charge in [-0.1, -0.05) is 36.8 Å². The van der Waals surface area contributed by atoms with E-state index in [1.54, 1.807) is 0 Å². The minimum absolute atomic E-state index is 0.285.